The zero-order chi connectivity index (χ0) is 21.8. The van der Waals surface area contributed by atoms with Crippen LogP contribution in [0.3, 0.4) is 0 Å². The van der Waals surface area contributed by atoms with E-state index >= 15 is 0 Å². The molecule has 158 valence electrons. The van der Waals surface area contributed by atoms with Crippen LogP contribution in [0.5, 0.6) is 6.01 Å². The summed E-state index contributed by atoms with van der Waals surface area (Å²) < 4.78 is 42.3. The van der Waals surface area contributed by atoms with E-state index in [2.05, 4.69) is 30.0 Å². The molecule has 0 aliphatic heterocycles. The van der Waals surface area contributed by atoms with Crippen LogP contribution in [0.25, 0.3) is 21.8 Å². The van der Waals surface area contributed by atoms with Gasteiger partial charge in [0, 0.05) is 29.6 Å². The number of ether oxygens (including phenoxy) is 1. The third kappa shape index (κ3) is 5.28. The molecule has 0 bridgehead atoms. The molecule has 8 nitrogen and oxygen atoms in total. The lowest BCUT2D eigenvalue weighted by Crippen LogP contribution is -2.22. The number of alkyl halides is 3. The molecule has 1 aromatic carbocycles. The van der Waals surface area contributed by atoms with Crippen molar-refractivity contribution in [2.75, 3.05) is 6.61 Å². The standard InChI is InChI=1S/C19H13F3N6O2S/c20-19(21,22)11-30-18-23-8-13(9-24-18)14-6-7-16(29)28(27-14)10-15-25-26-17(31-15)12-4-2-1-3-5-12/h1-9H,10-11H2. The van der Waals surface area contributed by atoms with Gasteiger partial charge in [-0.3, -0.25) is 4.79 Å². The van der Waals surface area contributed by atoms with Gasteiger partial charge in [-0.15, -0.1) is 10.2 Å². The molecule has 3 aromatic heterocycles. The van der Waals surface area contributed by atoms with Crippen molar-refractivity contribution in [3.63, 3.8) is 0 Å². The predicted octanol–water partition coefficient (Wildman–Crippen LogP) is 3.21. The molecule has 4 aromatic rings. The average molecular weight is 446 g/mol. The summed E-state index contributed by atoms with van der Waals surface area (Å²) in [7, 11) is 0. The minimum atomic E-state index is -4.48. The summed E-state index contributed by atoms with van der Waals surface area (Å²) in [6.45, 7) is -1.37. The van der Waals surface area contributed by atoms with Crippen molar-refractivity contribution in [2.45, 2.75) is 12.7 Å². The Bertz CT molecular complexity index is 1230. The van der Waals surface area contributed by atoms with Crippen molar-refractivity contribution in [2.24, 2.45) is 0 Å². The Morgan fingerprint density at radius 2 is 1.71 bits per heavy atom. The molecular weight excluding hydrogens is 433 g/mol. The summed E-state index contributed by atoms with van der Waals surface area (Å²) >= 11 is 1.35. The van der Waals surface area contributed by atoms with E-state index in [9.17, 15) is 18.0 Å². The minimum Gasteiger partial charge on any atom is -0.454 e. The number of halogens is 3. The number of aromatic nitrogens is 6. The van der Waals surface area contributed by atoms with E-state index in [4.69, 9.17) is 0 Å². The van der Waals surface area contributed by atoms with Crippen molar-refractivity contribution in [3.8, 4) is 27.8 Å². The fourth-order valence-electron chi connectivity index (χ4n) is 2.53. The zero-order valence-corrected chi connectivity index (χ0v) is 16.5. The Labute approximate surface area is 177 Å². The highest BCUT2D eigenvalue weighted by Gasteiger charge is 2.28. The van der Waals surface area contributed by atoms with Crippen LogP contribution in [0, 0.1) is 0 Å². The Hall–Kier alpha value is -3.67. The molecule has 0 saturated heterocycles. The van der Waals surface area contributed by atoms with Crippen molar-refractivity contribution < 1.29 is 17.9 Å². The molecule has 12 heteroatoms. The minimum absolute atomic E-state index is 0.116. The van der Waals surface area contributed by atoms with E-state index in [-0.39, 0.29) is 12.1 Å². The van der Waals surface area contributed by atoms with Crippen LogP contribution in [0.2, 0.25) is 0 Å². The largest absolute Gasteiger partial charge is 0.454 e. The molecule has 0 atom stereocenters. The van der Waals surface area contributed by atoms with Crippen LogP contribution in [-0.4, -0.2) is 42.7 Å². The second-order valence-corrected chi connectivity index (χ2v) is 7.30. The lowest BCUT2D eigenvalue weighted by molar-refractivity contribution is -0.154. The number of hydrogen-bond donors (Lipinski definition) is 0. The molecule has 3 heterocycles. The van der Waals surface area contributed by atoms with E-state index < -0.39 is 18.8 Å². The number of benzene rings is 1. The van der Waals surface area contributed by atoms with Crippen molar-refractivity contribution in [1.29, 1.82) is 0 Å². The van der Waals surface area contributed by atoms with E-state index in [1.54, 1.807) is 0 Å². The molecule has 4 rings (SSSR count). The highest BCUT2D eigenvalue weighted by atomic mass is 32.1. The van der Waals surface area contributed by atoms with Gasteiger partial charge in [-0.25, -0.2) is 14.6 Å². The molecule has 31 heavy (non-hydrogen) atoms. The van der Waals surface area contributed by atoms with Gasteiger partial charge < -0.3 is 4.74 Å². The molecular formula is C19H13F3N6O2S. The van der Waals surface area contributed by atoms with Gasteiger partial charge in [0.2, 0.25) is 0 Å². The van der Waals surface area contributed by atoms with Crippen LogP contribution in [0.15, 0.2) is 59.7 Å². The van der Waals surface area contributed by atoms with Crippen LogP contribution >= 0.6 is 11.3 Å². The third-order valence-electron chi connectivity index (χ3n) is 3.93. The molecule has 0 N–H and O–H groups in total. The first-order chi connectivity index (χ1) is 14.9. The second-order valence-electron chi connectivity index (χ2n) is 6.24. The van der Waals surface area contributed by atoms with E-state index in [1.807, 2.05) is 30.3 Å². The first kappa shape index (κ1) is 20.6. The fraction of sp³-hybridized carbons (Fsp3) is 0.158. The van der Waals surface area contributed by atoms with Gasteiger partial charge >= 0.3 is 12.2 Å². The van der Waals surface area contributed by atoms with E-state index in [0.29, 0.717) is 16.3 Å². The molecule has 0 aliphatic rings. The summed E-state index contributed by atoms with van der Waals surface area (Å²) in [5, 5.41) is 13.9. The first-order valence-corrected chi connectivity index (χ1v) is 9.67. The summed E-state index contributed by atoms with van der Waals surface area (Å²) in [6.07, 6.45) is -1.94. The lowest BCUT2D eigenvalue weighted by atomic mass is 10.2. The quantitative estimate of drug-likeness (QED) is 0.449. The molecule has 0 saturated carbocycles. The maximum atomic E-state index is 12.2. The Morgan fingerprint density at radius 3 is 2.42 bits per heavy atom. The van der Waals surface area contributed by atoms with Crippen molar-refractivity contribution in [3.05, 3.63) is 70.2 Å². The predicted molar refractivity (Wildman–Crippen MR) is 106 cm³/mol. The van der Waals surface area contributed by atoms with Gasteiger partial charge in [-0.05, 0) is 6.07 Å². The Balaban J connectivity index is 1.51. The summed E-state index contributed by atoms with van der Waals surface area (Å²) in [5.74, 6) is 0. The number of rotatable bonds is 6. The monoisotopic (exact) mass is 446 g/mol. The van der Waals surface area contributed by atoms with Crippen LogP contribution in [0.1, 0.15) is 5.01 Å². The summed E-state index contributed by atoms with van der Waals surface area (Å²) in [5.41, 5.74) is 1.36. The summed E-state index contributed by atoms with van der Waals surface area (Å²) in [6, 6.07) is 11.9. The SMILES string of the molecule is O=c1ccc(-c2cnc(OCC(F)(F)F)nc2)nn1Cc1nnc(-c2ccccc2)s1. The normalized spacial score (nSPS) is 11.5. The van der Waals surface area contributed by atoms with E-state index in [1.165, 1.54) is 40.5 Å². The lowest BCUT2D eigenvalue weighted by Gasteiger charge is -2.08. The Morgan fingerprint density at radius 1 is 0.968 bits per heavy atom. The highest BCUT2D eigenvalue weighted by molar-refractivity contribution is 7.14. The van der Waals surface area contributed by atoms with Gasteiger partial charge in [-0.1, -0.05) is 41.7 Å². The average Bonchev–Trinajstić information content (AvgIpc) is 3.23. The van der Waals surface area contributed by atoms with Crippen molar-refractivity contribution >= 4 is 11.3 Å². The zero-order valence-electron chi connectivity index (χ0n) is 15.7. The highest BCUT2D eigenvalue weighted by Crippen LogP contribution is 2.23. The smallest absolute Gasteiger partial charge is 0.422 e. The van der Waals surface area contributed by atoms with Crippen LogP contribution in [-0.2, 0) is 6.54 Å². The second kappa shape index (κ2) is 8.60. The van der Waals surface area contributed by atoms with Gasteiger partial charge in [-0.2, -0.15) is 18.3 Å². The number of hydrogen-bond acceptors (Lipinski definition) is 8. The van der Waals surface area contributed by atoms with Crippen molar-refractivity contribution in [1.82, 2.24) is 29.9 Å². The molecule has 0 aliphatic carbocycles. The fourth-order valence-corrected chi connectivity index (χ4v) is 3.36. The Kier molecular flexibility index (Phi) is 5.71. The third-order valence-corrected chi connectivity index (χ3v) is 4.89. The molecule has 0 fully saturated rings. The molecule has 0 spiro atoms. The van der Waals surface area contributed by atoms with Gasteiger partial charge in [0.15, 0.2) is 6.61 Å². The maximum Gasteiger partial charge on any atom is 0.422 e. The van der Waals surface area contributed by atoms with Crippen LogP contribution in [0.4, 0.5) is 13.2 Å². The van der Waals surface area contributed by atoms with Gasteiger partial charge in [0.05, 0.1) is 12.2 Å². The van der Waals surface area contributed by atoms with E-state index in [0.717, 1.165) is 10.6 Å². The van der Waals surface area contributed by atoms with Crippen LogP contribution < -0.4 is 10.3 Å². The van der Waals surface area contributed by atoms with Gasteiger partial charge in [0.25, 0.3) is 5.56 Å². The number of nitrogens with zero attached hydrogens (tertiary/aromatic N) is 6. The topological polar surface area (TPSA) is 95.7 Å². The molecule has 0 unspecified atom stereocenters. The summed E-state index contributed by atoms with van der Waals surface area (Å²) in [4.78, 5) is 19.7. The van der Waals surface area contributed by atoms with Gasteiger partial charge in [0.1, 0.15) is 10.0 Å². The maximum absolute atomic E-state index is 12.2. The first-order valence-electron chi connectivity index (χ1n) is 8.85. The molecule has 0 radical (unpaired) electrons. The molecule has 0 amide bonds.